The molecule has 1 unspecified atom stereocenters. The van der Waals surface area contributed by atoms with Gasteiger partial charge in [0.25, 0.3) is 0 Å². The number of pyridine rings is 1. The van der Waals surface area contributed by atoms with Crippen molar-refractivity contribution in [3.63, 3.8) is 0 Å². The van der Waals surface area contributed by atoms with Gasteiger partial charge >= 0.3 is 0 Å². The van der Waals surface area contributed by atoms with E-state index in [4.69, 9.17) is 5.73 Å². The van der Waals surface area contributed by atoms with Crippen LogP contribution in [0.2, 0.25) is 0 Å². The Bertz CT molecular complexity index is 633. The summed E-state index contributed by atoms with van der Waals surface area (Å²) in [7, 11) is 0. The first-order valence-corrected chi connectivity index (χ1v) is 8.75. The number of hydrogen-bond donors (Lipinski definition) is 1. The molecular formula is C16H21N5S. The van der Waals surface area contributed by atoms with Crippen molar-refractivity contribution in [1.82, 2.24) is 14.9 Å². The van der Waals surface area contributed by atoms with Gasteiger partial charge in [0.2, 0.25) is 0 Å². The molecular weight excluding hydrogens is 294 g/mol. The van der Waals surface area contributed by atoms with Gasteiger partial charge in [0.15, 0.2) is 5.13 Å². The van der Waals surface area contributed by atoms with E-state index < -0.39 is 0 Å². The van der Waals surface area contributed by atoms with E-state index in [0.29, 0.717) is 6.04 Å². The molecule has 0 aromatic carbocycles. The Hall–Kier alpha value is -1.66. The summed E-state index contributed by atoms with van der Waals surface area (Å²) in [5, 5.41) is 0.727. The highest BCUT2D eigenvalue weighted by Gasteiger charge is 2.29. The van der Waals surface area contributed by atoms with Crippen LogP contribution in [0.3, 0.4) is 0 Å². The van der Waals surface area contributed by atoms with Gasteiger partial charge in [0.05, 0.1) is 5.69 Å². The van der Waals surface area contributed by atoms with E-state index in [-0.39, 0.29) is 0 Å². The van der Waals surface area contributed by atoms with Crippen LogP contribution in [0.15, 0.2) is 24.4 Å². The molecule has 1 atom stereocenters. The standard InChI is InChI=1S/C16H21N5S/c17-16-19-13-5-4-12(11-14(13)22-16)20-7-9-21(10-8-20)15-3-1-2-6-18-15/h1-3,6,12H,4-5,7-11H2,(H2,17,19). The third-order valence-electron chi connectivity index (χ3n) is 4.73. The first kappa shape index (κ1) is 14.0. The van der Waals surface area contributed by atoms with Crippen LogP contribution in [0.4, 0.5) is 10.9 Å². The van der Waals surface area contributed by atoms with E-state index in [1.807, 2.05) is 12.3 Å². The van der Waals surface area contributed by atoms with Gasteiger partial charge in [-0.25, -0.2) is 9.97 Å². The maximum Gasteiger partial charge on any atom is 0.180 e. The van der Waals surface area contributed by atoms with Crippen molar-refractivity contribution in [2.45, 2.75) is 25.3 Å². The van der Waals surface area contributed by atoms with Crippen molar-refractivity contribution in [1.29, 1.82) is 0 Å². The maximum atomic E-state index is 5.85. The fraction of sp³-hybridized carbons (Fsp3) is 0.500. The van der Waals surface area contributed by atoms with Gasteiger partial charge in [-0.1, -0.05) is 6.07 Å². The van der Waals surface area contributed by atoms with Crippen molar-refractivity contribution in [2.24, 2.45) is 0 Å². The lowest BCUT2D eigenvalue weighted by atomic mass is 9.96. The van der Waals surface area contributed by atoms with E-state index in [2.05, 4.69) is 31.9 Å². The quantitative estimate of drug-likeness (QED) is 0.916. The van der Waals surface area contributed by atoms with Crippen molar-refractivity contribution in [3.05, 3.63) is 35.0 Å². The van der Waals surface area contributed by atoms with E-state index in [9.17, 15) is 0 Å². The molecule has 4 rings (SSSR count). The van der Waals surface area contributed by atoms with Crippen LogP contribution in [0.1, 0.15) is 17.0 Å². The molecule has 22 heavy (non-hydrogen) atoms. The first-order chi connectivity index (χ1) is 10.8. The van der Waals surface area contributed by atoms with Gasteiger partial charge in [-0.2, -0.15) is 0 Å². The Morgan fingerprint density at radius 3 is 2.82 bits per heavy atom. The van der Waals surface area contributed by atoms with Gasteiger partial charge in [-0.15, -0.1) is 11.3 Å². The topological polar surface area (TPSA) is 58.3 Å². The molecule has 0 radical (unpaired) electrons. The fourth-order valence-corrected chi connectivity index (χ4v) is 4.50. The predicted molar refractivity (Wildman–Crippen MR) is 90.4 cm³/mol. The summed E-state index contributed by atoms with van der Waals surface area (Å²) in [5.74, 6) is 1.10. The van der Waals surface area contributed by atoms with Crippen LogP contribution in [-0.4, -0.2) is 47.1 Å². The molecule has 2 aromatic heterocycles. The average Bonchev–Trinajstić information content (AvgIpc) is 2.95. The lowest BCUT2D eigenvalue weighted by Crippen LogP contribution is -2.51. The number of nitrogen functional groups attached to an aromatic ring is 1. The summed E-state index contributed by atoms with van der Waals surface area (Å²) in [6, 6.07) is 6.78. The highest BCUT2D eigenvalue weighted by Crippen LogP contribution is 2.30. The second kappa shape index (κ2) is 5.85. The van der Waals surface area contributed by atoms with Crippen molar-refractivity contribution in [3.8, 4) is 0 Å². The number of hydrogen-bond acceptors (Lipinski definition) is 6. The number of thiazole rings is 1. The van der Waals surface area contributed by atoms with Crippen molar-refractivity contribution < 1.29 is 0 Å². The van der Waals surface area contributed by atoms with Crippen LogP contribution in [-0.2, 0) is 12.8 Å². The number of aromatic nitrogens is 2. The largest absolute Gasteiger partial charge is 0.375 e. The van der Waals surface area contributed by atoms with E-state index >= 15 is 0 Å². The van der Waals surface area contributed by atoms with E-state index in [1.165, 1.54) is 17.0 Å². The SMILES string of the molecule is Nc1nc2c(s1)CC(N1CCN(c3ccccn3)CC1)CC2. The highest BCUT2D eigenvalue weighted by molar-refractivity contribution is 7.15. The second-order valence-corrected chi connectivity index (χ2v) is 7.14. The zero-order valence-corrected chi connectivity index (χ0v) is 13.4. The lowest BCUT2D eigenvalue weighted by molar-refractivity contribution is 0.170. The summed E-state index contributed by atoms with van der Waals surface area (Å²) >= 11 is 1.67. The third kappa shape index (κ3) is 2.68. The molecule has 0 saturated carbocycles. The van der Waals surface area contributed by atoms with Crippen LogP contribution < -0.4 is 10.6 Å². The predicted octanol–water partition coefficient (Wildman–Crippen LogP) is 1.80. The van der Waals surface area contributed by atoms with Gasteiger partial charge in [0.1, 0.15) is 5.82 Å². The lowest BCUT2D eigenvalue weighted by Gasteiger charge is -2.40. The molecule has 2 N–H and O–H groups in total. The van der Waals surface area contributed by atoms with E-state index in [0.717, 1.165) is 50.0 Å². The van der Waals surface area contributed by atoms with Gasteiger partial charge in [-0.3, -0.25) is 4.90 Å². The average molecular weight is 315 g/mol. The molecule has 0 amide bonds. The normalized spacial score (nSPS) is 22.5. The summed E-state index contributed by atoms with van der Waals surface area (Å²) in [4.78, 5) is 15.3. The minimum atomic E-state index is 0.651. The molecule has 2 aromatic rings. The molecule has 1 aliphatic carbocycles. The molecule has 0 bridgehead atoms. The molecule has 116 valence electrons. The van der Waals surface area contributed by atoms with Crippen LogP contribution in [0.5, 0.6) is 0 Å². The molecule has 2 aliphatic rings. The number of aryl methyl sites for hydroxylation is 1. The molecule has 3 heterocycles. The van der Waals surface area contributed by atoms with Crippen LogP contribution >= 0.6 is 11.3 Å². The van der Waals surface area contributed by atoms with Crippen molar-refractivity contribution >= 4 is 22.3 Å². The number of piperazine rings is 1. The monoisotopic (exact) mass is 315 g/mol. The zero-order valence-electron chi connectivity index (χ0n) is 12.6. The number of anilines is 2. The minimum absolute atomic E-state index is 0.651. The van der Waals surface area contributed by atoms with Crippen molar-refractivity contribution in [2.75, 3.05) is 36.8 Å². The Labute approximate surface area is 134 Å². The molecule has 6 heteroatoms. The van der Waals surface area contributed by atoms with Gasteiger partial charge in [-0.05, 0) is 31.4 Å². The van der Waals surface area contributed by atoms with E-state index in [1.54, 1.807) is 11.3 Å². The zero-order chi connectivity index (χ0) is 14.9. The molecule has 0 spiro atoms. The Morgan fingerprint density at radius 1 is 1.18 bits per heavy atom. The molecule has 1 aliphatic heterocycles. The third-order valence-corrected chi connectivity index (χ3v) is 5.68. The summed E-state index contributed by atoms with van der Waals surface area (Å²) in [6.07, 6.45) is 5.28. The van der Waals surface area contributed by atoms with Crippen LogP contribution in [0, 0.1) is 0 Å². The Kier molecular flexibility index (Phi) is 3.72. The molecule has 1 fully saturated rings. The summed E-state index contributed by atoms with van der Waals surface area (Å²) in [6.45, 7) is 4.35. The molecule has 5 nitrogen and oxygen atoms in total. The second-order valence-electron chi connectivity index (χ2n) is 6.03. The summed E-state index contributed by atoms with van der Waals surface area (Å²) in [5.41, 5.74) is 7.09. The maximum absolute atomic E-state index is 5.85. The van der Waals surface area contributed by atoms with Gasteiger partial charge in [0, 0.05) is 43.3 Å². The Balaban J connectivity index is 1.38. The minimum Gasteiger partial charge on any atom is -0.375 e. The first-order valence-electron chi connectivity index (χ1n) is 7.93. The number of rotatable bonds is 2. The summed E-state index contributed by atoms with van der Waals surface area (Å²) < 4.78 is 0. The number of fused-ring (bicyclic) bond motifs is 1. The highest BCUT2D eigenvalue weighted by atomic mass is 32.1. The molecule has 1 saturated heterocycles. The Morgan fingerprint density at radius 2 is 2.05 bits per heavy atom. The number of nitrogens with zero attached hydrogens (tertiary/aromatic N) is 4. The number of nitrogens with two attached hydrogens (primary N) is 1. The smallest absolute Gasteiger partial charge is 0.180 e. The van der Waals surface area contributed by atoms with Gasteiger partial charge < -0.3 is 10.6 Å². The van der Waals surface area contributed by atoms with Crippen LogP contribution in [0.25, 0.3) is 0 Å². The fourth-order valence-electron chi connectivity index (χ4n) is 3.55.